The molecular weight excluding hydrogens is 424 g/mol. The fourth-order valence-corrected chi connectivity index (χ4v) is 4.58. The Hall–Kier alpha value is -2.93. The number of hydrogen-bond donors (Lipinski definition) is 0. The van der Waals surface area contributed by atoms with Crippen LogP contribution < -0.4 is 9.54 Å². The molecule has 0 radical (unpaired) electrons. The number of unbranched alkanes of at least 4 members (excludes halogenated alkanes) is 2. The van der Waals surface area contributed by atoms with Gasteiger partial charge in [0.1, 0.15) is 12.3 Å². The van der Waals surface area contributed by atoms with Gasteiger partial charge in [0.25, 0.3) is 5.91 Å². The molecule has 2 aromatic carbocycles. The number of carbonyl (C=O) groups excluding carboxylic acids is 2. The van der Waals surface area contributed by atoms with Gasteiger partial charge in [-0.2, -0.15) is 4.99 Å². The Bertz CT molecular complexity index is 1180. The first kappa shape index (κ1) is 23.7. The number of nitrogens with zero attached hydrogens (tertiary/aromatic N) is 2. The van der Waals surface area contributed by atoms with E-state index in [1.807, 2.05) is 26.0 Å². The van der Waals surface area contributed by atoms with Gasteiger partial charge in [0.05, 0.1) is 23.4 Å². The van der Waals surface area contributed by atoms with Gasteiger partial charge >= 0.3 is 5.97 Å². The third-order valence-corrected chi connectivity index (χ3v) is 6.23. The van der Waals surface area contributed by atoms with Crippen LogP contribution in [0, 0.1) is 13.8 Å². The van der Waals surface area contributed by atoms with E-state index in [-0.39, 0.29) is 18.4 Å². The standard InChI is InChI=1S/C25H30N2O4S/c1-5-7-8-12-31-20-11-9-10-19(15-20)24(29)26-25-27(16-22(28)30-6-2)21-14-17(3)13-18(4)23(21)32-25/h9-11,13-15H,5-8,12,16H2,1-4H3. The molecule has 0 aliphatic heterocycles. The molecular formula is C25H30N2O4S. The van der Waals surface area contributed by atoms with E-state index in [0.29, 0.717) is 29.3 Å². The van der Waals surface area contributed by atoms with E-state index in [9.17, 15) is 9.59 Å². The van der Waals surface area contributed by atoms with Crippen LogP contribution in [0.1, 0.15) is 54.6 Å². The van der Waals surface area contributed by atoms with Crippen LogP contribution in [-0.4, -0.2) is 29.7 Å². The predicted octanol–water partition coefficient (Wildman–Crippen LogP) is 5.19. The van der Waals surface area contributed by atoms with E-state index in [1.165, 1.54) is 11.3 Å². The summed E-state index contributed by atoms with van der Waals surface area (Å²) >= 11 is 1.40. The number of benzene rings is 2. The number of fused-ring (bicyclic) bond motifs is 1. The fraction of sp³-hybridized carbons (Fsp3) is 0.400. The first-order chi connectivity index (χ1) is 15.4. The molecule has 1 heterocycles. The fourth-order valence-electron chi connectivity index (χ4n) is 3.50. The van der Waals surface area contributed by atoms with Crippen LogP contribution in [-0.2, 0) is 16.1 Å². The summed E-state index contributed by atoms with van der Waals surface area (Å²) < 4.78 is 13.7. The molecule has 0 spiro atoms. The van der Waals surface area contributed by atoms with Gasteiger partial charge in [-0.25, -0.2) is 0 Å². The lowest BCUT2D eigenvalue weighted by Crippen LogP contribution is -2.23. The van der Waals surface area contributed by atoms with Crippen LogP contribution in [0.2, 0.25) is 0 Å². The number of carbonyl (C=O) groups is 2. The van der Waals surface area contributed by atoms with E-state index >= 15 is 0 Å². The van der Waals surface area contributed by atoms with Crippen molar-refractivity contribution in [3.63, 3.8) is 0 Å². The molecule has 3 aromatic rings. The van der Waals surface area contributed by atoms with E-state index < -0.39 is 0 Å². The predicted molar refractivity (Wildman–Crippen MR) is 127 cm³/mol. The molecule has 32 heavy (non-hydrogen) atoms. The summed E-state index contributed by atoms with van der Waals surface area (Å²) in [6.45, 7) is 8.87. The highest BCUT2D eigenvalue weighted by Crippen LogP contribution is 2.24. The Morgan fingerprint density at radius 2 is 1.91 bits per heavy atom. The van der Waals surface area contributed by atoms with Gasteiger partial charge in [-0.1, -0.05) is 43.2 Å². The third-order valence-electron chi connectivity index (χ3n) is 5.00. The monoisotopic (exact) mass is 454 g/mol. The average molecular weight is 455 g/mol. The van der Waals surface area contributed by atoms with Gasteiger partial charge in [-0.15, -0.1) is 0 Å². The summed E-state index contributed by atoms with van der Waals surface area (Å²) in [7, 11) is 0. The maximum Gasteiger partial charge on any atom is 0.326 e. The van der Waals surface area contributed by atoms with E-state index in [1.54, 1.807) is 29.7 Å². The number of esters is 1. The molecule has 7 heteroatoms. The summed E-state index contributed by atoms with van der Waals surface area (Å²) in [6, 6.07) is 11.2. The first-order valence-corrected chi connectivity index (χ1v) is 11.8. The molecule has 1 amide bonds. The third kappa shape index (κ3) is 5.85. The Balaban J connectivity index is 1.97. The molecule has 0 fully saturated rings. The van der Waals surface area contributed by atoms with Crippen molar-refractivity contribution < 1.29 is 19.1 Å². The van der Waals surface area contributed by atoms with Gasteiger partial charge in [-0.3, -0.25) is 9.59 Å². The molecule has 3 rings (SSSR count). The van der Waals surface area contributed by atoms with Crippen LogP contribution in [0.4, 0.5) is 0 Å². The Labute approximate surface area is 192 Å². The summed E-state index contributed by atoms with van der Waals surface area (Å²) in [5.74, 6) is -0.0744. The second kappa shape index (κ2) is 11.1. The first-order valence-electron chi connectivity index (χ1n) is 11.0. The lowest BCUT2D eigenvalue weighted by Gasteiger charge is -2.07. The highest BCUT2D eigenvalue weighted by atomic mass is 32.1. The van der Waals surface area contributed by atoms with Crippen molar-refractivity contribution in [2.45, 2.75) is 53.5 Å². The maximum absolute atomic E-state index is 13.0. The van der Waals surface area contributed by atoms with Crippen molar-refractivity contribution >= 4 is 33.4 Å². The molecule has 0 saturated carbocycles. The normalized spacial score (nSPS) is 11.7. The second-order valence-corrected chi connectivity index (χ2v) is 8.68. The summed E-state index contributed by atoms with van der Waals surface area (Å²) in [5.41, 5.74) is 3.49. The summed E-state index contributed by atoms with van der Waals surface area (Å²) in [5, 5.41) is 0. The van der Waals surface area contributed by atoms with E-state index in [4.69, 9.17) is 9.47 Å². The number of rotatable bonds is 9. The zero-order valence-corrected chi connectivity index (χ0v) is 20.0. The second-order valence-electron chi connectivity index (χ2n) is 7.71. The SMILES string of the molecule is CCCCCOc1cccc(C(=O)N=c2sc3c(C)cc(C)cc3n2CC(=O)OCC)c1. The molecule has 0 aliphatic rings. The number of ether oxygens (including phenoxy) is 2. The lowest BCUT2D eigenvalue weighted by atomic mass is 10.1. The van der Waals surface area contributed by atoms with Crippen LogP contribution >= 0.6 is 11.3 Å². The minimum atomic E-state index is -0.373. The Morgan fingerprint density at radius 3 is 2.66 bits per heavy atom. The van der Waals surface area contributed by atoms with Gasteiger partial charge in [0, 0.05) is 5.56 Å². The number of hydrogen-bond acceptors (Lipinski definition) is 5. The van der Waals surface area contributed by atoms with E-state index in [2.05, 4.69) is 18.0 Å². The molecule has 6 nitrogen and oxygen atoms in total. The maximum atomic E-state index is 13.0. The van der Waals surface area contributed by atoms with Gasteiger partial charge < -0.3 is 14.0 Å². The molecule has 0 aliphatic carbocycles. The van der Waals surface area contributed by atoms with E-state index in [0.717, 1.165) is 40.6 Å². The Morgan fingerprint density at radius 1 is 1.09 bits per heavy atom. The van der Waals surface area contributed by atoms with Crippen molar-refractivity contribution in [3.8, 4) is 5.75 Å². The van der Waals surface area contributed by atoms with Crippen molar-refractivity contribution in [1.29, 1.82) is 0 Å². The van der Waals surface area contributed by atoms with Crippen LogP contribution in [0.15, 0.2) is 41.4 Å². The van der Waals surface area contributed by atoms with Crippen molar-refractivity contribution in [3.05, 3.63) is 57.9 Å². The molecule has 0 N–H and O–H groups in total. The highest BCUT2D eigenvalue weighted by molar-refractivity contribution is 7.16. The number of thiazole rings is 1. The lowest BCUT2D eigenvalue weighted by molar-refractivity contribution is -0.143. The molecule has 1 aromatic heterocycles. The minimum absolute atomic E-state index is 0.00340. The molecule has 0 atom stereocenters. The quantitative estimate of drug-likeness (QED) is 0.329. The molecule has 170 valence electrons. The average Bonchev–Trinajstić information content (AvgIpc) is 3.09. The van der Waals surface area contributed by atoms with Crippen LogP contribution in [0.5, 0.6) is 5.75 Å². The van der Waals surface area contributed by atoms with Crippen molar-refractivity contribution in [1.82, 2.24) is 4.57 Å². The number of aryl methyl sites for hydroxylation is 2. The van der Waals surface area contributed by atoms with Crippen LogP contribution in [0.25, 0.3) is 10.2 Å². The summed E-state index contributed by atoms with van der Waals surface area (Å²) in [4.78, 5) is 30.1. The molecule has 0 bridgehead atoms. The topological polar surface area (TPSA) is 69.9 Å². The molecule has 0 saturated heterocycles. The van der Waals surface area contributed by atoms with Crippen molar-refractivity contribution in [2.24, 2.45) is 4.99 Å². The zero-order chi connectivity index (χ0) is 23.1. The van der Waals surface area contributed by atoms with Crippen LogP contribution in [0.3, 0.4) is 0 Å². The Kier molecular flexibility index (Phi) is 8.22. The number of amides is 1. The minimum Gasteiger partial charge on any atom is -0.494 e. The highest BCUT2D eigenvalue weighted by Gasteiger charge is 2.15. The van der Waals surface area contributed by atoms with Gasteiger partial charge in [-0.05, 0) is 62.6 Å². The zero-order valence-electron chi connectivity index (χ0n) is 19.1. The van der Waals surface area contributed by atoms with Gasteiger partial charge in [0.2, 0.25) is 0 Å². The van der Waals surface area contributed by atoms with Gasteiger partial charge in [0.15, 0.2) is 4.80 Å². The van der Waals surface area contributed by atoms with Crippen molar-refractivity contribution in [2.75, 3.05) is 13.2 Å². The number of aromatic nitrogens is 1. The smallest absolute Gasteiger partial charge is 0.326 e. The summed E-state index contributed by atoms with van der Waals surface area (Å²) in [6.07, 6.45) is 3.22. The molecule has 0 unspecified atom stereocenters. The largest absolute Gasteiger partial charge is 0.494 e.